The maximum Gasteiger partial charge on any atom is 0.108 e. The van der Waals surface area contributed by atoms with Crippen LogP contribution in [-0.4, -0.2) is 19.9 Å². The van der Waals surface area contributed by atoms with Crippen molar-refractivity contribution in [2.45, 2.75) is 19.4 Å². The van der Waals surface area contributed by atoms with Crippen molar-refractivity contribution < 1.29 is 5.11 Å². The zero-order valence-corrected chi connectivity index (χ0v) is 11.6. The predicted molar refractivity (Wildman–Crippen MR) is 78.4 cm³/mol. The number of aliphatic hydroxyl groups excluding tert-OH is 1. The van der Waals surface area contributed by atoms with E-state index < -0.39 is 6.10 Å². The van der Waals surface area contributed by atoms with Crippen molar-refractivity contribution in [1.82, 2.24) is 14.8 Å². The Hall–Kier alpha value is -2.20. The molecule has 1 unspecified atom stereocenters. The smallest absolute Gasteiger partial charge is 0.108 e. The molecular formula is C16H17N3O. The molecule has 20 heavy (non-hydrogen) atoms. The SMILES string of the molecule is CCc1nn(C)cc1C(O)c1cccc2cnccc12. The second-order valence-electron chi connectivity index (χ2n) is 4.90. The summed E-state index contributed by atoms with van der Waals surface area (Å²) in [6, 6.07) is 7.85. The lowest BCUT2D eigenvalue weighted by Gasteiger charge is -2.13. The second-order valence-corrected chi connectivity index (χ2v) is 4.90. The molecule has 0 amide bonds. The number of hydrogen-bond acceptors (Lipinski definition) is 3. The molecule has 3 rings (SSSR count). The molecule has 0 bridgehead atoms. The summed E-state index contributed by atoms with van der Waals surface area (Å²) in [4.78, 5) is 4.13. The van der Waals surface area contributed by atoms with Crippen molar-refractivity contribution in [2.75, 3.05) is 0 Å². The van der Waals surface area contributed by atoms with Crippen molar-refractivity contribution in [3.05, 3.63) is 59.7 Å². The molecular weight excluding hydrogens is 250 g/mol. The van der Waals surface area contributed by atoms with Crippen LogP contribution in [0.15, 0.2) is 42.9 Å². The normalized spacial score (nSPS) is 12.8. The Morgan fingerprint density at radius 2 is 2.10 bits per heavy atom. The number of aryl methyl sites for hydroxylation is 2. The van der Waals surface area contributed by atoms with Gasteiger partial charge >= 0.3 is 0 Å². The first-order chi connectivity index (χ1) is 9.70. The third-order valence-corrected chi connectivity index (χ3v) is 3.58. The fraction of sp³-hybridized carbons (Fsp3) is 0.250. The Morgan fingerprint density at radius 1 is 1.25 bits per heavy atom. The lowest BCUT2D eigenvalue weighted by Crippen LogP contribution is -2.02. The molecule has 0 aliphatic heterocycles. The summed E-state index contributed by atoms with van der Waals surface area (Å²) < 4.78 is 1.75. The molecule has 1 N–H and O–H groups in total. The molecule has 3 aromatic rings. The molecule has 4 nitrogen and oxygen atoms in total. The van der Waals surface area contributed by atoms with Crippen LogP contribution in [0.2, 0.25) is 0 Å². The van der Waals surface area contributed by atoms with Gasteiger partial charge in [-0.05, 0) is 23.4 Å². The molecule has 1 atom stereocenters. The van der Waals surface area contributed by atoms with Crippen LogP contribution in [0.5, 0.6) is 0 Å². The Morgan fingerprint density at radius 3 is 2.90 bits per heavy atom. The standard InChI is InChI=1S/C16H17N3O/c1-3-15-14(10-19(2)18-15)16(20)13-6-4-5-11-9-17-8-7-12(11)13/h4-10,16,20H,3H2,1-2H3. The summed E-state index contributed by atoms with van der Waals surface area (Å²) >= 11 is 0. The van der Waals surface area contributed by atoms with Crippen molar-refractivity contribution >= 4 is 10.8 Å². The molecule has 2 heterocycles. The van der Waals surface area contributed by atoms with E-state index in [4.69, 9.17) is 0 Å². The van der Waals surface area contributed by atoms with Gasteiger partial charge in [0.1, 0.15) is 6.10 Å². The van der Waals surface area contributed by atoms with E-state index >= 15 is 0 Å². The fourth-order valence-corrected chi connectivity index (χ4v) is 2.61. The predicted octanol–water partition coefficient (Wildman–Crippen LogP) is 2.61. The summed E-state index contributed by atoms with van der Waals surface area (Å²) in [6.45, 7) is 2.05. The van der Waals surface area contributed by atoms with E-state index in [9.17, 15) is 5.11 Å². The Balaban J connectivity index is 2.15. The molecule has 1 aromatic carbocycles. The fourth-order valence-electron chi connectivity index (χ4n) is 2.61. The van der Waals surface area contributed by atoms with E-state index in [1.807, 2.05) is 50.6 Å². The van der Waals surface area contributed by atoms with Gasteiger partial charge < -0.3 is 5.11 Å². The van der Waals surface area contributed by atoms with Crippen LogP contribution in [0.4, 0.5) is 0 Å². The minimum absolute atomic E-state index is 0.662. The quantitative estimate of drug-likeness (QED) is 0.793. The molecule has 0 fully saturated rings. The maximum absolute atomic E-state index is 10.7. The molecule has 102 valence electrons. The molecule has 0 radical (unpaired) electrons. The lowest BCUT2D eigenvalue weighted by atomic mass is 9.96. The molecule has 0 aliphatic rings. The number of hydrogen-bond donors (Lipinski definition) is 1. The number of benzene rings is 1. The highest BCUT2D eigenvalue weighted by molar-refractivity contribution is 5.85. The second kappa shape index (κ2) is 5.06. The zero-order chi connectivity index (χ0) is 14.1. The van der Waals surface area contributed by atoms with Crippen molar-refractivity contribution in [2.24, 2.45) is 7.05 Å². The number of fused-ring (bicyclic) bond motifs is 1. The Labute approximate surface area is 117 Å². The number of nitrogens with zero attached hydrogens (tertiary/aromatic N) is 3. The highest BCUT2D eigenvalue weighted by Gasteiger charge is 2.18. The van der Waals surface area contributed by atoms with Gasteiger partial charge in [0, 0.05) is 36.6 Å². The van der Waals surface area contributed by atoms with Gasteiger partial charge in [0.15, 0.2) is 0 Å². The molecule has 2 aromatic heterocycles. The minimum atomic E-state index is -0.662. The van der Waals surface area contributed by atoms with Crippen LogP contribution in [0.1, 0.15) is 29.8 Å². The van der Waals surface area contributed by atoms with E-state index in [1.54, 1.807) is 10.9 Å². The monoisotopic (exact) mass is 267 g/mol. The third-order valence-electron chi connectivity index (χ3n) is 3.58. The summed E-state index contributed by atoms with van der Waals surface area (Å²) in [7, 11) is 1.88. The van der Waals surface area contributed by atoms with Crippen LogP contribution < -0.4 is 0 Å². The number of aromatic nitrogens is 3. The van der Waals surface area contributed by atoms with Gasteiger partial charge in [0.2, 0.25) is 0 Å². The number of pyridine rings is 1. The number of aliphatic hydroxyl groups is 1. The topological polar surface area (TPSA) is 50.9 Å². The van der Waals surface area contributed by atoms with Gasteiger partial charge in [0.25, 0.3) is 0 Å². The molecule has 0 aliphatic carbocycles. The van der Waals surface area contributed by atoms with Crippen molar-refractivity contribution in [3.63, 3.8) is 0 Å². The van der Waals surface area contributed by atoms with Crippen molar-refractivity contribution in [1.29, 1.82) is 0 Å². The number of rotatable bonds is 3. The van der Waals surface area contributed by atoms with Gasteiger partial charge in [-0.2, -0.15) is 5.10 Å². The van der Waals surface area contributed by atoms with Crippen LogP contribution in [0, 0.1) is 0 Å². The summed E-state index contributed by atoms with van der Waals surface area (Å²) in [5.74, 6) is 0. The maximum atomic E-state index is 10.7. The summed E-state index contributed by atoms with van der Waals surface area (Å²) in [5, 5.41) is 17.2. The van der Waals surface area contributed by atoms with E-state index in [0.29, 0.717) is 0 Å². The van der Waals surface area contributed by atoms with E-state index in [1.165, 1.54) is 0 Å². The van der Waals surface area contributed by atoms with Crippen LogP contribution in [-0.2, 0) is 13.5 Å². The largest absolute Gasteiger partial charge is 0.384 e. The van der Waals surface area contributed by atoms with E-state index in [-0.39, 0.29) is 0 Å². The molecule has 4 heteroatoms. The average Bonchev–Trinajstić information content (AvgIpc) is 2.87. The van der Waals surface area contributed by atoms with E-state index in [2.05, 4.69) is 10.1 Å². The first-order valence-corrected chi connectivity index (χ1v) is 6.74. The Kier molecular flexibility index (Phi) is 3.24. The Bertz CT molecular complexity index is 743. The first kappa shape index (κ1) is 12.8. The average molecular weight is 267 g/mol. The van der Waals surface area contributed by atoms with Gasteiger partial charge in [-0.3, -0.25) is 9.67 Å². The molecule has 0 saturated heterocycles. The zero-order valence-electron chi connectivity index (χ0n) is 11.6. The minimum Gasteiger partial charge on any atom is -0.384 e. The highest BCUT2D eigenvalue weighted by atomic mass is 16.3. The highest BCUT2D eigenvalue weighted by Crippen LogP contribution is 2.30. The van der Waals surface area contributed by atoms with Gasteiger partial charge in [0.05, 0.1) is 5.69 Å². The van der Waals surface area contributed by atoms with Gasteiger partial charge in [-0.25, -0.2) is 0 Å². The van der Waals surface area contributed by atoms with Gasteiger partial charge in [-0.1, -0.05) is 25.1 Å². The van der Waals surface area contributed by atoms with Gasteiger partial charge in [-0.15, -0.1) is 0 Å². The van der Waals surface area contributed by atoms with Crippen molar-refractivity contribution in [3.8, 4) is 0 Å². The van der Waals surface area contributed by atoms with E-state index in [0.717, 1.165) is 34.0 Å². The lowest BCUT2D eigenvalue weighted by molar-refractivity contribution is 0.220. The van der Waals surface area contributed by atoms with Crippen LogP contribution in [0.3, 0.4) is 0 Å². The third kappa shape index (κ3) is 2.08. The summed E-state index contributed by atoms with van der Waals surface area (Å²) in [5.41, 5.74) is 2.71. The molecule has 0 saturated carbocycles. The molecule has 0 spiro atoms. The summed E-state index contributed by atoms with van der Waals surface area (Å²) in [6.07, 6.45) is 5.60. The van der Waals surface area contributed by atoms with Crippen LogP contribution >= 0.6 is 0 Å². The van der Waals surface area contributed by atoms with Crippen LogP contribution in [0.25, 0.3) is 10.8 Å². The first-order valence-electron chi connectivity index (χ1n) is 6.74.